The van der Waals surface area contributed by atoms with Crippen molar-refractivity contribution in [1.29, 1.82) is 0 Å². The molecule has 11 atom stereocenters. The van der Waals surface area contributed by atoms with Gasteiger partial charge in [0.1, 0.15) is 0 Å². The van der Waals surface area contributed by atoms with Crippen molar-refractivity contribution in [1.82, 2.24) is 3.53 Å². The van der Waals surface area contributed by atoms with Crippen LogP contribution in [-0.2, 0) is 28.6 Å². The van der Waals surface area contributed by atoms with Crippen molar-refractivity contribution in [2.24, 2.45) is 35.5 Å². The van der Waals surface area contributed by atoms with E-state index in [2.05, 4.69) is 33.0 Å². The summed E-state index contributed by atoms with van der Waals surface area (Å²) in [6.45, 7) is 2.11. The van der Waals surface area contributed by atoms with Crippen molar-refractivity contribution >= 4 is 40.5 Å². The fourth-order valence-electron chi connectivity index (χ4n) is 7.23. The van der Waals surface area contributed by atoms with E-state index in [0.29, 0.717) is 18.3 Å². The Morgan fingerprint density at radius 2 is 2.13 bits per heavy atom. The number of hydrogen-bond donors (Lipinski definition) is 1. The summed E-state index contributed by atoms with van der Waals surface area (Å²) in [7, 11) is 0. The van der Waals surface area contributed by atoms with Gasteiger partial charge < -0.3 is 0 Å². The monoisotopic (exact) mass is 642 g/mol. The number of rotatable bonds is 6. The fourth-order valence-corrected chi connectivity index (χ4v) is 10.3. The van der Waals surface area contributed by atoms with Crippen LogP contribution in [0.5, 0.6) is 0 Å². The molecule has 0 spiro atoms. The summed E-state index contributed by atoms with van der Waals surface area (Å²) in [4.78, 5) is 38.7. The average Bonchev–Trinajstić information content (AvgIpc) is 3.02. The molecule has 11 unspecified atom stereocenters. The summed E-state index contributed by atoms with van der Waals surface area (Å²) in [5.74, 6) is -0.902. The summed E-state index contributed by atoms with van der Waals surface area (Å²) >= 11 is 2.03. The van der Waals surface area contributed by atoms with Crippen molar-refractivity contribution in [2.45, 2.75) is 71.2 Å². The maximum absolute atomic E-state index is 13.5. The van der Waals surface area contributed by atoms with Gasteiger partial charge in [-0.15, -0.1) is 0 Å². The second-order valence-electron chi connectivity index (χ2n) is 9.86. The minimum atomic E-state index is -0.541. The molecule has 0 radical (unpaired) electrons. The molecule has 1 N–H and O–H groups in total. The van der Waals surface area contributed by atoms with Gasteiger partial charge >= 0.3 is 194 Å². The molecular formula is C21H26I2NO6-. The van der Waals surface area contributed by atoms with Gasteiger partial charge in [0, 0.05) is 0 Å². The first-order chi connectivity index (χ1) is 14.4. The molecule has 2 saturated heterocycles. The second kappa shape index (κ2) is 7.16. The van der Waals surface area contributed by atoms with E-state index >= 15 is 0 Å². The molecule has 0 amide bonds. The molecule has 0 aromatic heterocycles. The molecule has 6 rings (SSSR count). The van der Waals surface area contributed by atoms with Crippen LogP contribution in [0.2, 0.25) is 0 Å². The molecule has 0 aromatic rings. The number of carbonyl (C=O) groups excluding carboxylic acids is 3. The van der Waals surface area contributed by atoms with Crippen LogP contribution < -0.4 is 25.0 Å². The molecule has 9 heteroatoms. The molecule has 4 bridgehead atoms. The molecule has 166 valence electrons. The van der Waals surface area contributed by atoms with Crippen LogP contribution in [0.3, 0.4) is 0 Å². The van der Waals surface area contributed by atoms with Gasteiger partial charge in [0.15, 0.2) is 0 Å². The number of fused-ring (bicyclic) bond motifs is 3. The Bertz CT molecular complexity index is 804. The Kier molecular flexibility index (Phi) is 4.88. The van der Waals surface area contributed by atoms with Crippen LogP contribution in [0.1, 0.15) is 45.4 Å². The molecular weight excluding hydrogens is 616 g/mol. The van der Waals surface area contributed by atoms with E-state index < -0.39 is 24.0 Å². The molecule has 2 heterocycles. The number of carbonyl (C=O) groups is 3. The summed E-state index contributed by atoms with van der Waals surface area (Å²) in [6.07, 6.45) is 5.08. The zero-order chi connectivity index (χ0) is 20.8. The van der Waals surface area contributed by atoms with Crippen molar-refractivity contribution in [3.63, 3.8) is 0 Å². The molecule has 7 nitrogen and oxygen atoms in total. The van der Waals surface area contributed by atoms with Crippen LogP contribution >= 0.6 is 22.6 Å². The number of ether oxygens (including phenoxy) is 3. The van der Waals surface area contributed by atoms with Crippen molar-refractivity contribution < 1.29 is 50.1 Å². The van der Waals surface area contributed by atoms with Gasteiger partial charge in [-0.3, -0.25) is 0 Å². The van der Waals surface area contributed by atoms with Gasteiger partial charge in [0.2, 0.25) is 0 Å². The van der Waals surface area contributed by atoms with E-state index in [0.717, 1.165) is 25.7 Å². The molecule has 0 aromatic carbocycles. The first-order valence-corrected chi connectivity index (χ1v) is 14.6. The van der Waals surface area contributed by atoms with E-state index in [1.165, 1.54) is 6.42 Å². The molecule has 2 aliphatic heterocycles. The van der Waals surface area contributed by atoms with E-state index in [9.17, 15) is 14.4 Å². The Hall–Kier alpha value is -0.170. The second-order valence-corrected chi connectivity index (χ2v) is 13.8. The first kappa shape index (κ1) is 20.4. The number of halogens is 2. The first-order valence-electron chi connectivity index (χ1n) is 11.1. The molecule has 6 aliphatic rings. The van der Waals surface area contributed by atoms with E-state index in [1.807, 2.05) is 0 Å². The van der Waals surface area contributed by atoms with Gasteiger partial charge in [0.25, 0.3) is 0 Å². The fraction of sp³-hybridized carbons (Fsp3) is 0.857. The molecule has 4 aliphatic carbocycles. The van der Waals surface area contributed by atoms with Crippen molar-refractivity contribution in [2.75, 3.05) is 0 Å². The SMILES string of the molecule is CCC1(OC(=O)C2C3CC4C(OC(=O)C42)C3OC(=O)C(I)C2N[I-]2)CC2CCC1C2. The topological polar surface area (TPSA) is 101 Å². The van der Waals surface area contributed by atoms with Gasteiger partial charge in [-0.1, -0.05) is 0 Å². The van der Waals surface area contributed by atoms with Crippen LogP contribution in [0.25, 0.3) is 0 Å². The third-order valence-corrected chi connectivity index (χ3v) is 13.3. The van der Waals surface area contributed by atoms with Gasteiger partial charge in [-0.05, 0) is 6.42 Å². The third kappa shape index (κ3) is 2.92. The van der Waals surface area contributed by atoms with E-state index in [-0.39, 0.29) is 64.8 Å². The van der Waals surface area contributed by atoms with Gasteiger partial charge in [-0.2, -0.15) is 0 Å². The summed E-state index contributed by atoms with van der Waals surface area (Å²) in [6, 6.07) is 0. The van der Waals surface area contributed by atoms with Crippen molar-refractivity contribution in [3.05, 3.63) is 0 Å². The van der Waals surface area contributed by atoms with Crippen LogP contribution in [0.4, 0.5) is 0 Å². The van der Waals surface area contributed by atoms with Gasteiger partial charge in [-0.25, -0.2) is 0 Å². The number of esters is 3. The van der Waals surface area contributed by atoms with Crippen LogP contribution in [-0.4, -0.2) is 43.7 Å². The van der Waals surface area contributed by atoms with Crippen LogP contribution in [0.15, 0.2) is 0 Å². The predicted octanol–water partition coefficient (Wildman–Crippen LogP) is -1.05. The Labute approximate surface area is 199 Å². The van der Waals surface area contributed by atoms with Crippen LogP contribution in [0, 0.1) is 35.5 Å². The summed E-state index contributed by atoms with van der Waals surface area (Å²) in [5.41, 5.74) is -0.371. The Balaban J connectivity index is 1.22. The predicted molar refractivity (Wildman–Crippen MR) is 108 cm³/mol. The van der Waals surface area contributed by atoms with E-state index in [1.54, 1.807) is 0 Å². The summed E-state index contributed by atoms with van der Waals surface area (Å²) in [5, 5.41) is 0. The Morgan fingerprint density at radius 3 is 2.77 bits per heavy atom. The quantitative estimate of drug-likeness (QED) is 0.0752. The Morgan fingerprint density at radius 1 is 1.33 bits per heavy atom. The average molecular weight is 642 g/mol. The normalized spacial score (nSPS) is 50.7. The number of hydrogen-bond acceptors (Lipinski definition) is 7. The summed E-state index contributed by atoms with van der Waals surface area (Å²) < 4.78 is 21.1. The maximum atomic E-state index is 13.5. The minimum absolute atomic E-state index is 0.0328. The van der Waals surface area contributed by atoms with Crippen molar-refractivity contribution in [3.8, 4) is 0 Å². The molecule has 30 heavy (non-hydrogen) atoms. The third-order valence-electron chi connectivity index (χ3n) is 8.61. The molecule has 4 saturated carbocycles. The zero-order valence-electron chi connectivity index (χ0n) is 16.7. The molecule has 6 fully saturated rings. The van der Waals surface area contributed by atoms with Gasteiger partial charge in [0.05, 0.1) is 0 Å². The van der Waals surface area contributed by atoms with E-state index in [4.69, 9.17) is 14.2 Å². The number of alkyl halides is 2. The zero-order valence-corrected chi connectivity index (χ0v) is 21.0. The standard InChI is InChI=1S/C21H26I2NO6/c1-2-21(7-8-3-4-9(21)5-8)30-19(26)13-11-6-10-12(13)18(25)28-15(10)16(11)29-20(27)14(22)17-23-24-17/h8-17,24H,2-7H2,1H3/q-1. The number of nitrogens with one attached hydrogen (secondary N) is 1.